The van der Waals surface area contributed by atoms with Gasteiger partial charge in [-0.2, -0.15) is 0 Å². The van der Waals surface area contributed by atoms with E-state index in [0.717, 1.165) is 19.3 Å². The molecule has 0 bridgehead atoms. The van der Waals surface area contributed by atoms with Gasteiger partial charge in [-0.05, 0) is 20.3 Å². The van der Waals surface area contributed by atoms with Crippen LogP contribution in [0.5, 0.6) is 0 Å². The van der Waals surface area contributed by atoms with Gasteiger partial charge in [0.1, 0.15) is 12.1 Å². The van der Waals surface area contributed by atoms with Crippen LogP contribution in [0.15, 0.2) is 0 Å². The highest BCUT2D eigenvalue weighted by molar-refractivity contribution is 5.93. The van der Waals surface area contributed by atoms with Crippen molar-refractivity contribution >= 4 is 23.6 Å². The van der Waals surface area contributed by atoms with Gasteiger partial charge in [-0.15, -0.1) is 0 Å². The molecule has 0 heterocycles. The number of rotatable bonds is 10. The van der Waals surface area contributed by atoms with Crippen molar-refractivity contribution in [2.24, 2.45) is 11.7 Å². The molecule has 5 N–H and O–H groups in total. The smallest absolute Gasteiger partial charge is 0.242 e. The Kier molecular flexibility index (Phi) is 9.60. The van der Waals surface area contributed by atoms with Gasteiger partial charge in [-0.3, -0.25) is 19.2 Å². The third-order valence-corrected chi connectivity index (χ3v) is 3.38. The van der Waals surface area contributed by atoms with E-state index in [4.69, 9.17) is 5.73 Å². The molecule has 23 heavy (non-hydrogen) atoms. The zero-order valence-electron chi connectivity index (χ0n) is 14.3. The summed E-state index contributed by atoms with van der Waals surface area (Å²) in [6.07, 6.45) is 2.72. The van der Waals surface area contributed by atoms with E-state index in [1.165, 1.54) is 6.92 Å². The predicted octanol–water partition coefficient (Wildman–Crippen LogP) is -0.576. The number of primary amides is 1. The molecule has 0 saturated heterocycles. The molecule has 0 aromatic carbocycles. The Labute approximate surface area is 136 Å². The first-order valence-corrected chi connectivity index (χ1v) is 7.85. The third-order valence-electron chi connectivity index (χ3n) is 3.38. The average molecular weight is 328 g/mol. The minimum absolute atomic E-state index is 0.165. The number of nitrogens with one attached hydrogen (secondary N) is 3. The summed E-state index contributed by atoms with van der Waals surface area (Å²) >= 11 is 0. The van der Waals surface area contributed by atoms with Crippen molar-refractivity contribution < 1.29 is 19.2 Å². The maximum Gasteiger partial charge on any atom is 0.242 e. The normalized spacial score (nSPS) is 14.3. The lowest BCUT2D eigenvalue weighted by atomic mass is 10.0. The lowest BCUT2D eigenvalue weighted by Gasteiger charge is -2.19. The number of carbonyl (C=O) groups excluding carboxylic acids is 4. The van der Waals surface area contributed by atoms with Gasteiger partial charge in [0.15, 0.2) is 0 Å². The summed E-state index contributed by atoms with van der Waals surface area (Å²) in [7, 11) is 0. The number of hydrogen-bond donors (Lipinski definition) is 4. The summed E-state index contributed by atoms with van der Waals surface area (Å²) in [5, 5.41) is 7.39. The Morgan fingerprint density at radius 1 is 0.913 bits per heavy atom. The molecule has 0 rings (SSSR count). The maximum absolute atomic E-state index is 12.0. The van der Waals surface area contributed by atoms with E-state index in [0.29, 0.717) is 0 Å². The highest BCUT2D eigenvalue weighted by atomic mass is 16.2. The van der Waals surface area contributed by atoms with Gasteiger partial charge in [0.05, 0.1) is 6.54 Å². The molecule has 8 heteroatoms. The van der Waals surface area contributed by atoms with Crippen molar-refractivity contribution in [3.05, 3.63) is 0 Å². The maximum atomic E-state index is 12.0. The first kappa shape index (κ1) is 20.9. The summed E-state index contributed by atoms with van der Waals surface area (Å²) in [5.41, 5.74) is 4.92. The van der Waals surface area contributed by atoms with Crippen LogP contribution in [0.4, 0.5) is 0 Å². The zero-order valence-corrected chi connectivity index (χ0v) is 14.3. The quantitative estimate of drug-likeness (QED) is 0.427. The molecule has 0 saturated carbocycles. The van der Waals surface area contributed by atoms with Crippen LogP contribution in [-0.4, -0.2) is 42.3 Å². The van der Waals surface area contributed by atoms with Crippen LogP contribution in [0.25, 0.3) is 0 Å². The fourth-order valence-electron chi connectivity index (χ4n) is 1.79. The van der Waals surface area contributed by atoms with Gasteiger partial charge >= 0.3 is 0 Å². The molecular formula is C15H28N4O4. The molecule has 0 radical (unpaired) electrons. The minimum Gasteiger partial charge on any atom is -0.368 e. The summed E-state index contributed by atoms with van der Waals surface area (Å²) in [5.74, 6) is -2.01. The van der Waals surface area contributed by atoms with E-state index < -0.39 is 29.8 Å². The van der Waals surface area contributed by atoms with Crippen molar-refractivity contribution in [2.45, 2.75) is 59.0 Å². The van der Waals surface area contributed by atoms with Gasteiger partial charge in [0.2, 0.25) is 23.6 Å². The Morgan fingerprint density at radius 3 is 1.96 bits per heavy atom. The minimum atomic E-state index is -0.835. The van der Waals surface area contributed by atoms with E-state index >= 15 is 0 Å². The second kappa shape index (κ2) is 10.6. The van der Waals surface area contributed by atoms with Crippen LogP contribution in [0.3, 0.4) is 0 Å². The number of nitrogens with two attached hydrogens (primary N) is 1. The second-order valence-corrected chi connectivity index (χ2v) is 5.69. The second-order valence-electron chi connectivity index (χ2n) is 5.69. The van der Waals surface area contributed by atoms with Crippen LogP contribution in [0.1, 0.15) is 47.0 Å². The SMILES string of the molecule is CCCCC(C)C(=O)NC(C)C(=O)NC(C)C(=O)NCC(N)=O. The molecule has 3 unspecified atom stereocenters. The molecule has 0 aromatic heterocycles. The molecule has 0 fully saturated rings. The summed E-state index contributed by atoms with van der Waals surface area (Å²) in [6.45, 7) is 6.60. The van der Waals surface area contributed by atoms with Crippen LogP contribution in [-0.2, 0) is 19.2 Å². The largest absolute Gasteiger partial charge is 0.368 e. The van der Waals surface area contributed by atoms with Gasteiger partial charge in [-0.25, -0.2) is 0 Å². The van der Waals surface area contributed by atoms with Gasteiger partial charge in [0.25, 0.3) is 0 Å². The number of amides is 4. The van der Waals surface area contributed by atoms with Crippen molar-refractivity contribution in [2.75, 3.05) is 6.54 Å². The van der Waals surface area contributed by atoms with Crippen molar-refractivity contribution in [3.63, 3.8) is 0 Å². The topological polar surface area (TPSA) is 130 Å². The van der Waals surface area contributed by atoms with Crippen LogP contribution in [0, 0.1) is 5.92 Å². The molecule has 0 spiro atoms. The van der Waals surface area contributed by atoms with Crippen LogP contribution >= 0.6 is 0 Å². The Hall–Kier alpha value is -2.12. The zero-order chi connectivity index (χ0) is 18.0. The van der Waals surface area contributed by atoms with Crippen molar-refractivity contribution in [1.82, 2.24) is 16.0 Å². The predicted molar refractivity (Wildman–Crippen MR) is 86.1 cm³/mol. The molecular weight excluding hydrogens is 300 g/mol. The van der Waals surface area contributed by atoms with Gasteiger partial charge in [0, 0.05) is 5.92 Å². The van der Waals surface area contributed by atoms with E-state index in [-0.39, 0.29) is 18.4 Å². The molecule has 0 aliphatic carbocycles. The molecule has 132 valence electrons. The fraction of sp³-hybridized carbons (Fsp3) is 0.733. The van der Waals surface area contributed by atoms with Crippen LogP contribution < -0.4 is 21.7 Å². The van der Waals surface area contributed by atoms with E-state index in [1.54, 1.807) is 6.92 Å². The molecule has 0 aliphatic rings. The summed E-state index contributed by atoms with van der Waals surface area (Å²) in [6, 6.07) is -1.59. The van der Waals surface area contributed by atoms with E-state index in [9.17, 15) is 19.2 Å². The molecule has 4 amide bonds. The third kappa shape index (κ3) is 8.80. The fourth-order valence-corrected chi connectivity index (χ4v) is 1.79. The number of unbranched alkanes of at least 4 members (excludes halogenated alkanes) is 1. The molecule has 3 atom stereocenters. The Morgan fingerprint density at radius 2 is 1.43 bits per heavy atom. The monoisotopic (exact) mass is 328 g/mol. The van der Waals surface area contributed by atoms with Crippen molar-refractivity contribution in [3.8, 4) is 0 Å². The van der Waals surface area contributed by atoms with Crippen molar-refractivity contribution in [1.29, 1.82) is 0 Å². The average Bonchev–Trinajstić information content (AvgIpc) is 2.49. The first-order chi connectivity index (χ1) is 10.7. The van der Waals surface area contributed by atoms with Crippen LogP contribution in [0.2, 0.25) is 0 Å². The molecule has 0 aliphatic heterocycles. The summed E-state index contributed by atoms with van der Waals surface area (Å²) < 4.78 is 0. The lowest BCUT2D eigenvalue weighted by Crippen LogP contribution is -2.52. The first-order valence-electron chi connectivity index (χ1n) is 7.85. The number of hydrogen-bond acceptors (Lipinski definition) is 4. The summed E-state index contributed by atoms with van der Waals surface area (Å²) in [4.78, 5) is 46.1. The molecule has 0 aromatic rings. The van der Waals surface area contributed by atoms with E-state index in [2.05, 4.69) is 16.0 Å². The Balaban J connectivity index is 4.30. The molecule has 8 nitrogen and oxygen atoms in total. The van der Waals surface area contributed by atoms with Gasteiger partial charge in [-0.1, -0.05) is 26.7 Å². The number of carbonyl (C=O) groups is 4. The lowest BCUT2D eigenvalue weighted by molar-refractivity contribution is -0.132. The Bertz CT molecular complexity index is 439. The van der Waals surface area contributed by atoms with Gasteiger partial charge < -0.3 is 21.7 Å². The highest BCUT2D eigenvalue weighted by Crippen LogP contribution is 2.07. The highest BCUT2D eigenvalue weighted by Gasteiger charge is 2.22. The standard InChI is InChI=1S/C15H28N4O4/c1-5-6-7-9(2)13(21)18-11(4)15(23)19-10(3)14(22)17-8-12(16)20/h9-11H,5-8H2,1-4H3,(H2,16,20)(H,17,22)(H,18,21)(H,19,23). The van der Waals surface area contributed by atoms with E-state index in [1.807, 2.05) is 13.8 Å².